The lowest BCUT2D eigenvalue weighted by molar-refractivity contribution is 0.318. The van der Waals surface area contributed by atoms with E-state index >= 15 is 0 Å². The van der Waals surface area contributed by atoms with E-state index < -0.39 is 0 Å². The van der Waals surface area contributed by atoms with Crippen LogP contribution < -0.4 is 10.6 Å². The number of oxime groups is 1. The normalized spacial score (nSPS) is 11.7. The Morgan fingerprint density at radius 2 is 2.11 bits per heavy atom. The number of unbranched alkanes of at least 4 members (excludes halogenated alkanes) is 1. The highest BCUT2D eigenvalue weighted by molar-refractivity contribution is 6.02. The number of amidine groups is 1. The van der Waals surface area contributed by atoms with E-state index in [1.165, 1.54) is 0 Å². The molecule has 19 heavy (non-hydrogen) atoms. The average molecular weight is 264 g/mol. The van der Waals surface area contributed by atoms with Gasteiger partial charge in [0.1, 0.15) is 5.82 Å². The maximum atomic E-state index is 8.95. The first kappa shape index (κ1) is 15.3. The van der Waals surface area contributed by atoms with Crippen LogP contribution in [0, 0.1) is 13.8 Å². The lowest BCUT2D eigenvalue weighted by Crippen LogP contribution is -2.29. The van der Waals surface area contributed by atoms with Gasteiger partial charge in [-0.15, -0.1) is 0 Å². The SMILES string of the molecule is CCCCN(CC)c1nc(C)cc(C)c1C(N)=NO. The van der Waals surface area contributed by atoms with Gasteiger partial charge in [0.05, 0.1) is 5.56 Å². The molecule has 106 valence electrons. The van der Waals surface area contributed by atoms with E-state index in [0.29, 0.717) is 0 Å². The summed E-state index contributed by atoms with van der Waals surface area (Å²) in [5.41, 5.74) is 8.45. The number of nitrogens with zero attached hydrogens (tertiary/aromatic N) is 3. The van der Waals surface area contributed by atoms with Gasteiger partial charge in [0.15, 0.2) is 5.84 Å². The standard InChI is InChI=1S/C14H24N4O/c1-5-7-8-18(6-2)14-12(13(15)17-19)10(3)9-11(4)16-14/h9,19H,5-8H2,1-4H3,(H2,15,17). The Hall–Kier alpha value is -1.78. The van der Waals surface area contributed by atoms with Crippen LogP contribution in [-0.2, 0) is 0 Å². The van der Waals surface area contributed by atoms with Crippen LogP contribution in [0.2, 0.25) is 0 Å². The second-order valence-corrected chi connectivity index (χ2v) is 4.70. The molecule has 0 saturated heterocycles. The van der Waals surface area contributed by atoms with Gasteiger partial charge in [0, 0.05) is 18.8 Å². The summed E-state index contributed by atoms with van der Waals surface area (Å²) in [4.78, 5) is 6.76. The van der Waals surface area contributed by atoms with E-state index in [0.717, 1.165) is 48.6 Å². The van der Waals surface area contributed by atoms with Crippen molar-refractivity contribution in [2.45, 2.75) is 40.5 Å². The smallest absolute Gasteiger partial charge is 0.174 e. The minimum absolute atomic E-state index is 0.120. The fourth-order valence-corrected chi connectivity index (χ4v) is 2.18. The quantitative estimate of drug-likeness (QED) is 0.358. The second kappa shape index (κ2) is 6.97. The molecule has 1 rings (SSSR count). The number of pyridine rings is 1. The van der Waals surface area contributed by atoms with Gasteiger partial charge in [-0.25, -0.2) is 4.98 Å². The van der Waals surface area contributed by atoms with Crippen molar-refractivity contribution in [3.63, 3.8) is 0 Å². The molecule has 0 amide bonds. The number of nitrogens with two attached hydrogens (primary N) is 1. The number of hydrogen-bond acceptors (Lipinski definition) is 4. The molecular formula is C14H24N4O. The largest absolute Gasteiger partial charge is 0.409 e. The Balaban J connectivity index is 3.29. The summed E-state index contributed by atoms with van der Waals surface area (Å²) < 4.78 is 0. The van der Waals surface area contributed by atoms with E-state index in [9.17, 15) is 0 Å². The zero-order chi connectivity index (χ0) is 14.4. The molecule has 0 aliphatic carbocycles. The molecule has 0 aliphatic rings. The summed E-state index contributed by atoms with van der Waals surface area (Å²) in [6.07, 6.45) is 2.22. The highest BCUT2D eigenvalue weighted by Crippen LogP contribution is 2.22. The topological polar surface area (TPSA) is 74.7 Å². The third-order valence-electron chi connectivity index (χ3n) is 3.15. The molecule has 1 heterocycles. The molecule has 1 aromatic heterocycles. The van der Waals surface area contributed by atoms with E-state index in [1.807, 2.05) is 19.9 Å². The van der Waals surface area contributed by atoms with Crippen LogP contribution in [0.15, 0.2) is 11.2 Å². The van der Waals surface area contributed by atoms with Crippen molar-refractivity contribution in [2.24, 2.45) is 10.9 Å². The third kappa shape index (κ3) is 3.59. The molecule has 0 atom stereocenters. The highest BCUT2D eigenvalue weighted by atomic mass is 16.4. The van der Waals surface area contributed by atoms with Crippen molar-refractivity contribution >= 4 is 11.7 Å². The lowest BCUT2D eigenvalue weighted by Gasteiger charge is -2.25. The molecule has 1 aromatic rings. The highest BCUT2D eigenvalue weighted by Gasteiger charge is 2.17. The zero-order valence-electron chi connectivity index (χ0n) is 12.3. The van der Waals surface area contributed by atoms with Gasteiger partial charge in [-0.05, 0) is 38.8 Å². The predicted octanol–water partition coefficient (Wildman–Crippen LogP) is 2.42. The van der Waals surface area contributed by atoms with Crippen molar-refractivity contribution in [2.75, 3.05) is 18.0 Å². The van der Waals surface area contributed by atoms with Gasteiger partial charge in [0.2, 0.25) is 0 Å². The number of aromatic nitrogens is 1. The lowest BCUT2D eigenvalue weighted by atomic mass is 10.1. The molecule has 0 bridgehead atoms. The minimum Gasteiger partial charge on any atom is -0.409 e. The first-order chi connectivity index (χ1) is 9.04. The maximum Gasteiger partial charge on any atom is 0.174 e. The van der Waals surface area contributed by atoms with Crippen LogP contribution in [0.5, 0.6) is 0 Å². The van der Waals surface area contributed by atoms with Gasteiger partial charge in [-0.2, -0.15) is 0 Å². The molecule has 5 nitrogen and oxygen atoms in total. The minimum atomic E-state index is 0.120. The number of aryl methyl sites for hydroxylation is 2. The van der Waals surface area contributed by atoms with Gasteiger partial charge in [0.25, 0.3) is 0 Å². The summed E-state index contributed by atoms with van der Waals surface area (Å²) in [5.74, 6) is 0.929. The van der Waals surface area contributed by atoms with Crippen LogP contribution in [-0.4, -0.2) is 29.1 Å². The van der Waals surface area contributed by atoms with Crippen molar-refractivity contribution in [1.29, 1.82) is 0 Å². The van der Waals surface area contributed by atoms with Crippen molar-refractivity contribution in [1.82, 2.24) is 4.98 Å². The molecule has 5 heteroatoms. The summed E-state index contributed by atoms with van der Waals surface area (Å²) in [5, 5.41) is 12.1. The van der Waals surface area contributed by atoms with E-state index in [4.69, 9.17) is 10.9 Å². The van der Waals surface area contributed by atoms with E-state index in [1.54, 1.807) is 0 Å². The number of anilines is 1. The van der Waals surface area contributed by atoms with Gasteiger partial charge < -0.3 is 15.8 Å². The molecule has 0 unspecified atom stereocenters. The fraction of sp³-hybridized carbons (Fsp3) is 0.571. The Morgan fingerprint density at radius 3 is 2.63 bits per heavy atom. The molecule has 0 aliphatic heterocycles. The fourth-order valence-electron chi connectivity index (χ4n) is 2.18. The van der Waals surface area contributed by atoms with Crippen LogP contribution in [0.1, 0.15) is 43.5 Å². The van der Waals surface area contributed by atoms with Gasteiger partial charge in [-0.1, -0.05) is 18.5 Å². The molecular weight excluding hydrogens is 240 g/mol. The van der Waals surface area contributed by atoms with E-state index in [-0.39, 0.29) is 5.84 Å². The number of rotatable bonds is 6. The van der Waals surface area contributed by atoms with Crippen molar-refractivity contribution < 1.29 is 5.21 Å². The summed E-state index contributed by atoms with van der Waals surface area (Å²) >= 11 is 0. The molecule has 0 radical (unpaired) electrons. The number of hydrogen-bond donors (Lipinski definition) is 2. The Labute approximate surface area is 115 Å². The monoisotopic (exact) mass is 264 g/mol. The molecule has 3 N–H and O–H groups in total. The molecule has 0 saturated carbocycles. The molecule has 0 spiro atoms. The second-order valence-electron chi connectivity index (χ2n) is 4.70. The maximum absolute atomic E-state index is 8.95. The Bertz CT molecular complexity index is 457. The third-order valence-corrected chi connectivity index (χ3v) is 3.15. The predicted molar refractivity (Wildman–Crippen MR) is 79.0 cm³/mol. The Morgan fingerprint density at radius 1 is 1.42 bits per heavy atom. The van der Waals surface area contributed by atoms with Crippen LogP contribution >= 0.6 is 0 Å². The van der Waals surface area contributed by atoms with Crippen molar-refractivity contribution in [3.05, 3.63) is 22.9 Å². The first-order valence-electron chi connectivity index (χ1n) is 6.76. The first-order valence-corrected chi connectivity index (χ1v) is 6.76. The Kier molecular flexibility index (Phi) is 5.60. The average Bonchev–Trinajstić information content (AvgIpc) is 2.38. The van der Waals surface area contributed by atoms with Crippen LogP contribution in [0.25, 0.3) is 0 Å². The summed E-state index contributed by atoms with van der Waals surface area (Å²) in [7, 11) is 0. The molecule has 0 aromatic carbocycles. The van der Waals surface area contributed by atoms with Crippen LogP contribution in [0.3, 0.4) is 0 Å². The van der Waals surface area contributed by atoms with Gasteiger partial charge in [-0.3, -0.25) is 0 Å². The van der Waals surface area contributed by atoms with Crippen LogP contribution in [0.4, 0.5) is 5.82 Å². The van der Waals surface area contributed by atoms with E-state index in [2.05, 4.69) is 28.9 Å². The van der Waals surface area contributed by atoms with Gasteiger partial charge >= 0.3 is 0 Å². The summed E-state index contributed by atoms with van der Waals surface area (Å²) in [6, 6.07) is 1.95. The molecule has 0 fully saturated rings. The van der Waals surface area contributed by atoms with Crippen molar-refractivity contribution in [3.8, 4) is 0 Å². The zero-order valence-corrected chi connectivity index (χ0v) is 12.3. The summed E-state index contributed by atoms with van der Waals surface area (Å²) in [6.45, 7) is 9.94.